The van der Waals surface area contributed by atoms with Crippen LogP contribution in [0.25, 0.3) is 0 Å². The van der Waals surface area contributed by atoms with E-state index in [2.05, 4.69) is 16.0 Å². The number of hydrogen-bond donors (Lipinski definition) is 5. The van der Waals surface area contributed by atoms with Crippen molar-refractivity contribution in [1.82, 2.24) is 16.0 Å². The van der Waals surface area contributed by atoms with Gasteiger partial charge in [-0.15, -0.1) is 0 Å². The van der Waals surface area contributed by atoms with Crippen molar-refractivity contribution in [1.29, 1.82) is 0 Å². The van der Waals surface area contributed by atoms with Gasteiger partial charge in [0.25, 0.3) is 0 Å². The maximum absolute atomic E-state index is 12.3. The van der Waals surface area contributed by atoms with Gasteiger partial charge in [0.05, 0.1) is 0 Å². The third kappa shape index (κ3) is 29.6. The largest absolute Gasteiger partial charge is 0.481 e. The second-order valence-electron chi connectivity index (χ2n) is 13.9. The average Bonchev–Trinajstić information content (AvgIpc) is 3.05. The van der Waals surface area contributed by atoms with Crippen molar-refractivity contribution in [3.8, 4) is 0 Å². The first kappa shape index (κ1) is 46.0. The van der Waals surface area contributed by atoms with E-state index in [0.717, 1.165) is 64.2 Å². The second-order valence-corrected chi connectivity index (χ2v) is 13.9. The number of unbranched alkanes of at least 4 members (excludes halogenated alkanes) is 15. The number of rotatable bonds is 34. The van der Waals surface area contributed by atoms with Crippen LogP contribution in [-0.2, 0) is 28.8 Å². The third-order valence-corrected chi connectivity index (χ3v) is 9.23. The van der Waals surface area contributed by atoms with Crippen LogP contribution in [-0.4, -0.2) is 64.8 Å². The van der Waals surface area contributed by atoms with Crippen LogP contribution in [0.2, 0.25) is 0 Å². The molecule has 0 aromatic rings. The molecule has 0 aromatic carbocycles. The van der Waals surface area contributed by atoms with Crippen LogP contribution >= 0.6 is 0 Å². The van der Waals surface area contributed by atoms with E-state index in [-0.39, 0.29) is 61.0 Å². The molecule has 0 aliphatic carbocycles. The lowest BCUT2D eigenvalue weighted by Crippen LogP contribution is -2.41. The van der Waals surface area contributed by atoms with Crippen LogP contribution in [0.15, 0.2) is 0 Å². The van der Waals surface area contributed by atoms with E-state index in [0.29, 0.717) is 32.4 Å². The predicted molar refractivity (Wildman–Crippen MR) is 193 cm³/mol. The van der Waals surface area contributed by atoms with Gasteiger partial charge >= 0.3 is 11.9 Å². The van der Waals surface area contributed by atoms with Crippen molar-refractivity contribution in [3.63, 3.8) is 0 Å². The topological polar surface area (TPSA) is 179 Å². The molecule has 284 valence electrons. The molecule has 0 saturated heterocycles. The first-order valence-corrected chi connectivity index (χ1v) is 19.2. The number of ketones is 1. The highest BCUT2D eigenvalue weighted by Crippen LogP contribution is 2.14. The van der Waals surface area contributed by atoms with E-state index in [1.165, 1.54) is 44.9 Å². The lowest BCUT2D eigenvalue weighted by molar-refractivity contribution is -0.142. The molecule has 0 aromatic heterocycles. The van der Waals surface area contributed by atoms with Gasteiger partial charge in [-0.3, -0.25) is 24.0 Å². The Morgan fingerprint density at radius 2 is 0.939 bits per heavy atom. The van der Waals surface area contributed by atoms with Crippen molar-refractivity contribution in [2.45, 2.75) is 181 Å². The molecule has 0 rings (SSSR count). The molecule has 0 heterocycles. The molecule has 0 unspecified atom stereocenters. The number of carboxylic acids is 2. The Kier molecular flexibility index (Phi) is 29.1. The van der Waals surface area contributed by atoms with Crippen LogP contribution in [0.1, 0.15) is 175 Å². The molecule has 0 bridgehead atoms. The number of aliphatic carboxylic acids is 2. The predicted octanol–water partition coefficient (Wildman–Crippen LogP) is 7.10. The van der Waals surface area contributed by atoms with E-state index in [1.807, 2.05) is 13.8 Å². The highest BCUT2D eigenvalue weighted by molar-refractivity contribution is 5.84. The van der Waals surface area contributed by atoms with Crippen molar-refractivity contribution >= 4 is 35.4 Å². The maximum atomic E-state index is 12.3. The normalized spacial score (nSPS) is 12.9. The molecule has 0 aliphatic heterocycles. The molecule has 11 nitrogen and oxygen atoms in total. The van der Waals surface area contributed by atoms with Crippen molar-refractivity contribution in [2.75, 3.05) is 13.1 Å². The van der Waals surface area contributed by atoms with Gasteiger partial charge in [-0.2, -0.15) is 0 Å². The van der Waals surface area contributed by atoms with E-state index >= 15 is 0 Å². The van der Waals surface area contributed by atoms with Crippen LogP contribution in [0.4, 0.5) is 0 Å². The fraction of sp³-hybridized carbons (Fsp3) is 0.842. The van der Waals surface area contributed by atoms with Crippen molar-refractivity contribution in [2.24, 2.45) is 11.8 Å². The summed E-state index contributed by atoms with van der Waals surface area (Å²) in [6, 6.07) is -1.09. The zero-order valence-corrected chi connectivity index (χ0v) is 31.0. The lowest BCUT2D eigenvalue weighted by atomic mass is 10.0. The third-order valence-electron chi connectivity index (χ3n) is 9.23. The quantitative estimate of drug-likeness (QED) is 0.0443. The Bertz CT molecular complexity index is 942. The SMILES string of the molecule is CC(=O)[C@@H](C)CCCCNC(=O)[C@@H](C)CCCCNC(=O)CC[C@H](NC(=O)CCCCCCCCCCCCCCCCC(=O)O)C(=O)O. The van der Waals surface area contributed by atoms with Gasteiger partial charge in [0, 0.05) is 44.2 Å². The van der Waals surface area contributed by atoms with Gasteiger partial charge in [0.1, 0.15) is 11.8 Å². The molecule has 0 spiro atoms. The number of carboxylic acid groups (broad SMARTS) is 2. The summed E-state index contributed by atoms with van der Waals surface area (Å²) in [6.07, 6.45) is 20.7. The summed E-state index contributed by atoms with van der Waals surface area (Å²) >= 11 is 0. The van der Waals surface area contributed by atoms with Crippen LogP contribution in [0.3, 0.4) is 0 Å². The van der Waals surface area contributed by atoms with Gasteiger partial charge in [-0.25, -0.2) is 4.79 Å². The van der Waals surface area contributed by atoms with E-state index in [1.54, 1.807) is 6.92 Å². The number of hydrogen-bond acceptors (Lipinski definition) is 6. The van der Waals surface area contributed by atoms with Crippen LogP contribution in [0.5, 0.6) is 0 Å². The molecule has 0 saturated carbocycles. The summed E-state index contributed by atoms with van der Waals surface area (Å²) in [5, 5.41) is 26.5. The fourth-order valence-corrected chi connectivity index (χ4v) is 5.67. The number of amides is 3. The van der Waals surface area contributed by atoms with Gasteiger partial charge in [-0.05, 0) is 51.9 Å². The van der Waals surface area contributed by atoms with Crippen LogP contribution in [0, 0.1) is 11.8 Å². The Balaban J connectivity index is 3.81. The standard InChI is InChI=1S/C38H69N3O8/c1-30(32(3)42)22-18-21-29-40-37(47)31(2)23-19-20-28-39-34(43)27-26-33(38(48)49)41-35(44)24-16-14-12-10-8-6-4-5-7-9-11-13-15-17-25-36(45)46/h30-31,33H,4-29H2,1-3H3,(H,39,43)(H,40,47)(H,41,44)(H,45,46)(H,48,49)/t30-,31-,33-/m0/s1. The molecule has 0 fully saturated rings. The Labute approximate surface area is 295 Å². The Morgan fingerprint density at radius 3 is 1.41 bits per heavy atom. The smallest absolute Gasteiger partial charge is 0.326 e. The van der Waals surface area contributed by atoms with Gasteiger partial charge < -0.3 is 26.2 Å². The highest BCUT2D eigenvalue weighted by Gasteiger charge is 2.21. The second kappa shape index (κ2) is 31.0. The first-order chi connectivity index (χ1) is 23.4. The van der Waals surface area contributed by atoms with E-state index in [4.69, 9.17) is 5.11 Å². The monoisotopic (exact) mass is 696 g/mol. The first-order valence-electron chi connectivity index (χ1n) is 19.2. The zero-order valence-electron chi connectivity index (χ0n) is 31.0. The van der Waals surface area contributed by atoms with Crippen molar-refractivity contribution in [3.05, 3.63) is 0 Å². The summed E-state index contributed by atoms with van der Waals surface area (Å²) < 4.78 is 0. The molecule has 49 heavy (non-hydrogen) atoms. The highest BCUT2D eigenvalue weighted by atomic mass is 16.4. The van der Waals surface area contributed by atoms with E-state index < -0.39 is 18.0 Å². The van der Waals surface area contributed by atoms with Crippen molar-refractivity contribution < 1.29 is 39.0 Å². The minimum Gasteiger partial charge on any atom is -0.481 e. The summed E-state index contributed by atoms with van der Waals surface area (Å²) in [7, 11) is 0. The zero-order chi connectivity index (χ0) is 36.7. The number of nitrogens with one attached hydrogen (secondary N) is 3. The molecular formula is C38H69N3O8. The maximum Gasteiger partial charge on any atom is 0.326 e. The molecule has 0 aliphatic rings. The fourth-order valence-electron chi connectivity index (χ4n) is 5.67. The minimum atomic E-state index is -1.14. The minimum absolute atomic E-state index is 0.00977. The van der Waals surface area contributed by atoms with Crippen LogP contribution < -0.4 is 16.0 Å². The molecule has 0 radical (unpaired) electrons. The lowest BCUT2D eigenvalue weighted by Gasteiger charge is -2.15. The van der Waals surface area contributed by atoms with E-state index in [9.17, 15) is 33.9 Å². The number of carbonyl (C=O) groups excluding carboxylic acids is 4. The van der Waals surface area contributed by atoms with Gasteiger partial charge in [-0.1, -0.05) is 104 Å². The average molecular weight is 696 g/mol. The number of Topliss-reactive ketones (excluding diaryl/α,β-unsaturated/α-hetero) is 1. The molecule has 3 amide bonds. The van der Waals surface area contributed by atoms with Gasteiger partial charge in [0.2, 0.25) is 17.7 Å². The number of carbonyl (C=O) groups is 6. The molecule has 11 heteroatoms. The molecule has 5 N–H and O–H groups in total. The summed E-state index contributed by atoms with van der Waals surface area (Å²) in [5.41, 5.74) is 0. The Hall–Kier alpha value is -2.98. The summed E-state index contributed by atoms with van der Waals surface area (Å²) in [6.45, 7) is 6.47. The Morgan fingerprint density at radius 1 is 0.490 bits per heavy atom. The summed E-state index contributed by atoms with van der Waals surface area (Å²) in [4.78, 5) is 70.2. The van der Waals surface area contributed by atoms with Gasteiger partial charge in [0.15, 0.2) is 0 Å². The summed E-state index contributed by atoms with van der Waals surface area (Å²) in [5.74, 6) is -2.25. The molecular weight excluding hydrogens is 626 g/mol. The molecule has 3 atom stereocenters.